The van der Waals surface area contributed by atoms with Crippen molar-refractivity contribution in [3.8, 4) is 0 Å². The Labute approximate surface area is 98.1 Å². The standard InChI is InChI=1S/C10H15N3O4/c1-6-2-9(17-13-6)12-10(15)11-3-7-4-16-5-8(7)14/h2,7-8,14H,3-5H2,1H3,(H2,11,12,15)/t7-,8+/m1/s1. The molecule has 7 heteroatoms. The largest absolute Gasteiger partial charge is 0.390 e. The second kappa shape index (κ2) is 5.15. The number of aliphatic hydroxyl groups is 1. The van der Waals surface area contributed by atoms with Crippen LogP contribution in [0.5, 0.6) is 0 Å². The Morgan fingerprint density at radius 1 is 1.65 bits per heavy atom. The summed E-state index contributed by atoms with van der Waals surface area (Å²) in [5.41, 5.74) is 0.694. The van der Waals surface area contributed by atoms with Gasteiger partial charge in [0, 0.05) is 18.5 Å². The number of hydrogen-bond acceptors (Lipinski definition) is 5. The predicted octanol–water partition coefficient (Wildman–Crippen LogP) is 0.112. The van der Waals surface area contributed by atoms with Crippen LogP contribution in [0.25, 0.3) is 0 Å². The minimum absolute atomic E-state index is 0.0581. The van der Waals surface area contributed by atoms with Crippen LogP contribution in [0.3, 0.4) is 0 Å². The molecule has 94 valence electrons. The number of carbonyl (C=O) groups is 1. The Morgan fingerprint density at radius 3 is 3.06 bits per heavy atom. The summed E-state index contributed by atoms with van der Waals surface area (Å²) < 4.78 is 9.90. The number of ether oxygens (including phenoxy) is 1. The highest BCUT2D eigenvalue weighted by atomic mass is 16.5. The Balaban J connectivity index is 1.74. The number of aryl methyl sites for hydroxylation is 1. The summed E-state index contributed by atoms with van der Waals surface area (Å²) in [7, 11) is 0. The van der Waals surface area contributed by atoms with E-state index in [0.29, 0.717) is 31.3 Å². The molecule has 2 atom stereocenters. The van der Waals surface area contributed by atoms with Gasteiger partial charge in [0.1, 0.15) is 0 Å². The van der Waals surface area contributed by atoms with Crippen LogP contribution in [-0.2, 0) is 4.74 Å². The van der Waals surface area contributed by atoms with Crippen molar-refractivity contribution in [1.29, 1.82) is 0 Å². The van der Waals surface area contributed by atoms with E-state index in [1.807, 2.05) is 0 Å². The topological polar surface area (TPSA) is 96.6 Å². The highest BCUT2D eigenvalue weighted by Gasteiger charge is 2.26. The van der Waals surface area contributed by atoms with E-state index < -0.39 is 6.10 Å². The van der Waals surface area contributed by atoms with Crippen molar-refractivity contribution in [2.24, 2.45) is 5.92 Å². The van der Waals surface area contributed by atoms with Crippen LogP contribution < -0.4 is 10.6 Å². The SMILES string of the molecule is Cc1cc(NC(=O)NC[C@@H]2COC[C@@H]2O)on1. The smallest absolute Gasteiger partial charge is 0.321 e. The average molecular weight is 241 g/mol. The molecule has 0 saturated carbocycles. The van der Waals surface area contributed by atoms with E-state index in [1.165, 1.54) is 0 Å². The quantitative estimate of drug-likeness (QED) is 0.698. The zero-order valence-electron chi connectivity index (χ0n) is 9.47. The minimum atomic E-state index is -0.511. The molecule has 1 saturated heterocycles. The number of nitrogens with zero attached hydrogens (tertiary/aromatic N) is 1. The first-order valence-electron chi connectivity index (χ1n) is 5.39. The molecule has 0 bridgehead atoms. The first-order valence-corrected chi connectivity index (χ1v) is 5.39. The molecule has 2 heterocycles. The van der Waals surface area contributed by atoms with Crippen LogP contribution >= 0.6 is 0 Å². The lowest BCUT2D eigenvalue weighted by Crippen LogP contribution is -2.36. The molecule has 2 rings (SSSR count). The van der Waals surface area contributed by atoms with Crippen LogP contribution in [0, 0.1) is 12.8 Å². The van der Waals surface area contributed by atoms with Crippen molar-refractivity contribution in [2.75, 3.05) is 25.1 Å². The minimum Gasteiger partial charge on any atom is -0.390 e. The molecule has 1 aliphatic heterocycles. The van der Waals surface area contributed by atoms with Gasteiger partial charge in [-0.1, -0.05) is 5.16 Å². The number of carbonyl (C=O) groups excluding carboxylic acids is 1. The van der Waals surface area contributed by atoms with Crippen LogP contribution in [0.1, 0.15) is 5.69 Å². The fourth-order valence-corrected chi connectivity index (χ4v) is 1.58. The van der Waals surface area contributed by atoms with Gasteiger partial charge < -0.3 is 19.7 Å². The summed E-state index contributed by atoms with van der Waals surface area (Å²) in [6.45, 7) is 2.91. The molecule has 1 aromatic heterocycles. The first-order chi connectivity index (χ1) is 8.15. The Bertz CT molecular complexity index is 393. The van der Waals surface area contributed by atoms with E-state index in [2.05, 4.69) is 15.8 Å². The van der Waals surface area contributed by atoms with Gasteiger partial charge in [0.2, 0.25) is 5.88 Å². The van der Waals surface area contributed by atoms with E-state index in [9.17, 15) is 9.90 Å². The van der Waals surface area contributed by atoms with Gasteiger partial charge in [0.05, 0.1) is 25.0 Å². The maximum atomic E-state index is 11.5. The highest BCUT2D eigenvalue weighted by molar-refractivity contribution is 5.87. The molecule has 1 fully saturated rings. The van der Waals surface area contributed by atoms with Crippen molar-refractivity contribution in [1.82, 2.24) is 10.5 Å². The van der Waals surface area contributed by atoms with Gasteiger partial charge in [-0.3, -0.25) is 5.32 Å². The zero-order chi connectivity index (χ0) is 12.3. The maximum Gasteiger partial charge on any atom is 0.321 e. The molecule has 3 N–H and O–H groups in total. The Kier molecular flexibility index (Phi) is 3.60. The Morgan fingerprint density at radius 2 is 2.47 bits per heavy atom. The monoisotopic (exact) mass is 241 g/mol. The number of aliphatic hydroxyl groups excluding tert-OH is 1. The molecule has 0 radical (unpaired) electrons. The highest BCUT2D eigenvalue weighted by Crippen LogP contribution is 2.12. The van der Waals surface area contributed by atoms with Gasteiger partial charge in [-0.05, 0) is 6.92 Å². The number of rotatable bonds is 3. The maximum absolute atomic E-state index is 11.5. The van der Waals surface area contributed by atoms with Crippen molar-refractivity contribution >= 4 is 11.9 Å². The molecule has 2 amide bonds. The number of anilines is 1. The van der Waals surface area contributed by atoms with E-state index in [0.717, 1.165) is 0 Å². The second-order valence-electron chi connectivity index (χ2n) is 4.03. The summed E-state index contributed by atoms with van der Waals surface area (Å²) in [6, 6.07) is 1.23. The summed E-state index contributed by atoms with van der Waals surface area (Å²) >= 11 is 0. The normalized spacial score (nSPS) is 23.6. The fraction of sp³-hybridized carbons (Fsp3) is 0.600. The second-order valence-corrected chi connectivity index (χ2v) is 4.03. The van der Waals surface area contributed by atoms with Crippen LogP contribution in [0.4, 0.5) is 10.7 Å². The third-order valence-electron chi connectivity index (χ3n) is 2.55. The first kappa shape index (κ1) is 11.9. The number of amides is 2. The third-order valence-corrected chi connectivity index (χ3v) is 2.55. The lowest BCUT2D eigenvalue weighted by Gasteiger charge is -2.12. The summed E-state index contributed by atoms with van der Waals surface area (Å²) in [5, 5.41) is 18.2. The molecule has 0 aliphatic carbocycles. The van der Waals surface area contributed by atoms with Gasteiger partial charge in [0.15, 0.2) is 0 Å². The number of nitrogens with one attached hydrogen (secondary N) is 2. The molecule has 0 unspecified atom stereocenters. The molecular weight excluding hydrogens is 226 g/mol. The summed E-state index contributed by atoms with van der Waals surface area (Å²) in [6.07, 6.45) is -0.511. The molecule has 0 aromatic carbocycles. The van der Waals surface area contributed by atoms with E-state index >= 15 is 0 Å². The van der Waals surface area contributed by atoms with Crippen molar-refractivity contribution in [3.63, 3.8) is 0 Å². The van der Waals surface area contributed by atoms with Crippen molar-refractivity contribution in [3.05, 3.63) is 11.8 Å². The van der Waals surface area contributed by atoms with Crippen molar-refractivity contribution in [2.45, 2.75) is 13.0 Å². The molecule has 17 heavy (non-hydrogen) atoms. The molecule has 1 aliphatic rings. The van der Waals surface area contributed by atoms with Gasteiger partial charge >= 0.3 is 6.03 Å². The zero-order valence-corrected chi connectivity index (χ0v) is 9.47. The lowest BCUT2D eigenvalue weighted by atomic mass is 10.1. The predicted molar refractivity (Wildman–Crippen MR) is 58.6 cm³/mol. The number of aromatic nitrogens is 1. The van der Waals surface area contributed by atoms with Gasteiger partial charge in [-0.2, -0.15) is 0 Å². The van der Waals surface area contributed by atoms with Crippen LogP contribution in [0.15, 0.2) is 10.6 Å². The van der Waals surface area contributed by atoms with Gasteiger partial charge in [-0.15, -0.1) is 0 Å². The summed E-state index contributed by atoms with van der Waals surface area (Å²) in [4.78, 5) is 11.5. The molecule has 1 aromatic rings. The lowest BCUT2D eigenvalue weighted by molar-refractivity contribution is 0.118. The van der Waals surface area contributed by atoms with Crippen LogP contribution in [-0.4, -0.2) is 42.2 Å². The Hall–Kier alpha value is -1.60. The van der Waals surface area contributed by atoms with Gasteiger partial charge in [-0.25, -0.2) is 4.79 Å². The number of hydrogen-bond donors (Lipinski definition) is 3. The van der Waals surface area contributed by atoms with E-state index in [-0.39, 0.29) is 11.9 Å². The van der Waals surface area contributed by atoms with E-state index in [1.54, 1.807) is 13.0 Å². The van der Waals surface area contributed by atoms with Gasteiger partial charge in [0.25, 0.3) is 0 Å². The van der Waals surface area contributed by atoms with Crippen LogP contribution in [0.2, 0.25) is 0 Å². The third kappa shape index (κ3) is 3.18. The molecule has 7 nitrogen and oxygen atoms in total. The number of urea groups is 1. The fourth-order valence-electron chi connectivity index (χ4n) is 1.58. The average Bonchev–Trinajstić information content (AvgIpc) is 2.85. The summed E-state index contributed by atoms with van der Waals surface area (Å²) in [5.74, 6) is 0.237. The molecule has 0 spiro atoms. The van der Waals surface area contributed by atoms with Crippen molar-refractivity contribution < 1.29 is 19.2 Å². The molecular formula is C10H15N3O4. The van der Waals surface area contributed by atoms with E-state index in [4.69, 9.17) is 9.26 Å².